The van der Waals surface area contributed by atoms with Crippen LogP contribution >= 0.6 is 11.3 Å². The van der Waals surface area contributed by atoms with Crippen molar-refractivity contribution >= 4 is 34.0 Å². The Labute approximate surface area is 193 Å². The van der Waals surface area contributed by atoms with E-state index < -0.39 is 23.5 Å². The molecule has 0 saturated carbocycles. The molecule has 5 rings (SSSR count). The maximum atomic E-state index is 13.7. The van der Waals surface area contributed by atoms with Gasteiger partial charge in [-0.3, -0.25) is 14.6 Å². The van der Waals surface area contributed by atoms with Gasteiger partial charge >= 0.3 is 0 Å². The number of pyridine rings is 1. The van der Waals surface area contributed by atoms with Crippen molar-refractivity contribution < 1.29 is 23.8 Å². The zero-order valence-electron chi connectivity index (χ0n) is 17.9. The number of methoxy groups -OCH3 is 1. The van der Waals surface area contributed by atoms with Crippen molar-refractivity contribution in [3.63, 3.8) is 0 Å². The number of Topliss-reactive ketones (excluding diaryl/α,β-unsaturated/α-hetero) is 1. The highest BCUT2D eigenvalue weighted by molar-refractivity contribution is 7.10. The average molecular weight is 461 g/mol. The number of nitrogens with zero attached hydrogens (tertiary/aromatic N) is 2. The van der Waals surface area contributed by atoms with E-state index in [1.54, 1.807) is 42.7 Å². The van der Waals surface area contributed by atoms with Crippen LogP contribution in [0.4, 0.5) is 0 Å². The van der Waals surface area contributed by atoms with E-state index in [2.05, 4.69) is 4.98 Å². The molecule has 0 bridgehead atoms. The number of para-hydroxylation sites is 1. The molecule has 7 nitrogen and oxygen atoms in total. The second-order valence-corrected chi connectivity index (χ2v) is 8.69. The number of hydrogen-bond donors (Lipinski definition) is 1. The first-order chi connectivity index (χ1) is 16.0. The lowest BCUT2D eigenvalue weighted by Crippen LogP contribution is -2.30. The number of thiophene rings is 1. The van der Waals surface area contributed by atoms with Gasteiger partial charge in [0.1, 0.15) is 6.04 Å². The maximum Gasteiger partial charge on any atom is 0.290 e. The summed E-state index contributed by atoms with van der Waals surface area (Å²) >= 11 is 1.44. The standard InChI is InChI=1S/C25H20N2O5S/c1-14-8-11-33-24(14)20-19(22(29)25(30)27(20)13-15-6-9-26-10-7-15)21(28)18-12-16-4-3-5-17(31-2)23(16)32-18/h3-12,20,29H,13H2,1-2H3. The molecule has 0 fully saturated rings. The third kappa shape index (κ3) is 3.48. The van der Waals surface area contributed by atoms with Crippen LogP contribution in [0.5, 0.6) is 5.75 Å². The number of fused-ring (bicyclic) bond motifs is 1. The Morgan fingerprint density at radius 3 is 2.73 bits per heavy atom. The highest BCUT2D eigenvalue weighted by atomic mass is 32.1. The van der Waals surface area contributed by atoms with Gasteiger partial charge in [-0.05, 0) is 53.8 Å². The number of furan rings is 1. The molecule has 1 aliphatic heterocycles. The summed E-state index contributed by atoms with van der Waals surface area (Å²) in [4.78, 5) is 33.1. The minimum Gasteiger partial charge on any atom is -0.503 e. The van der Waals surface area contributed by atoms with E-state index in [4.69, 9.17) is 9.15 Å². The van der Waals surface area contributed by atoms with Gasteiger partial charge in [-0.2, -0.15) is 0 Å². The smallest absolute Gasteiger partial charge is 0.290 e. The lowest BCUT2D eigenvalue weighted by Gasteiger charge is -2.26. The number of aryl methyl sites for hydroxylation is 1. The number of ketones is 1. The normalized spacial score (nSPS) is 16.1. The number of aromatic nitrogens is 1. The first-order valence-corrected chi connectivity index (χ1v) is 11.2. The second-order valence-electron chi connectivity index (χ2n) is 7.74. The van der Waals surface area contributed by atoms with Gasteiger partial charge in [0.15, 0.2) is 22.9 Å². The molecule has 33 heavy (non-hydrogen) atoms. The molecular formula is C25H20N2O5S. The van der Waals surface area contributed by atoms with Crippen LogP contribution in [0.25, 0.3) is 11.0 Å². The van der Waals surface area contributed by atoms with Gasteiger partial charge < -0.3 is 19.2 Å². The largest absolute Gasteiger partial charge is 0.503 e. The van der Waals surface area contributed by atoms with Crippen LogP contribution < -0.4 is 4.74 Å². The summed E-state index contributed by atoms with van der Waals surface area (Å²) in [6.07, 6.45) is 3.28. The Bertz CT molecular complexity index is 1400. The fourth-order valence-corrected chi connectivity index (χ4v) is 5.16. The minimum absolute atomic E-state index is 0.0117. The van der Waals surface area contributed by atoms with Crippen LogP contribution in [-0.4, -0.2) is 33.8 Å². The molecule has 1 amide bonds. The molecule has 3 aromatic heterocycles. The molecule has 0 radical (unpaired) electrons. The molecule has 4 heterocycles. The zero-order chi connectivity index (χ0) is 23.1. The van der Waals surface area contributed by atoms with Gasteiger partial charge in [0.05, 0.1) is 12.7 Å². The van der Waals surface area contributed by atoms with Crippen molar-refractivity contribution in [2.24, 2.45) is 0 Å². The third-order valence-corrected chi connectivity index (χ3v) is 6.82. The molecule has 1 N–H and O–H groups in total. The molecule has 1 unspecified atom stereocenters. The molecule has 0 spiro atoms. The lowest BCUT2D eigenvalue weighted by atomic mass is 9.98. The Hall–Kier alpha value is -3.91. The van der Waals surface area contributed by atoms with Gasteiger partial charge in [0.25, 0.3) is 5.91 Å². The summed E-state index contributed by atoms with van der Waals surface area (Å²) in [6.45, 7) is 2.14. The molecule has 0 saturated heterocycles. The lowest BCUT2D eigenvalue weighted by molar-refractivity contribution is -0.130. The average Bonchev–Trinajstić information content (AvgIpc) is 3.51. The topological polar surface area (TPSA) is 92.9 Å². The fourth-order valence-electron chi connectivity index (χ4n) is 4.11. The summed E-state index contributed by atoms with van der Waals surface area (Å²) in [5.74, 6) is -1.15. The van der Waals surface area contributed by atoms with E-state index in [1.165, 1.54) is 23.3 Å². The highest BCUT2D eigenvalue weighted by Crippen LogP contribution is 2.43. The number of hydrogen-bond acceptors (Lipinski definition) is 7. The number of aliphatic hydroxyl groups is 1. The molecule has 1 atom stereocenters. The Balaban J connectivity index is 1.61. The van der Waals surface area contributed by atoms with Gasteiger partial charge in [-0.15, -0.1) is 11.3 Å². The quantitative estimate of drug-likeness (QED) is 0.408. The Kier molecular flexibility index (Phi) is 5.22. The number of carbonyl (C=O) groups excluding carboxylic acids is 2. The minimum atomic E-state index is -0.728. The SMILES string of the molecule is COc1cccc2cc(C(=O)C3=C(O)C(=O)N(Cc4ccncc4)C3c3sccc3C)oc12. The first-order valence-electron chi connectivity index (χ1n) is 10.3. The van der Waals surface area contributed by atoms with Gasteiger partial charge in [0.2, 0.25) is 5.78 Å². The van der Waals surface area contributed by atoms with Gasteiger partial charge in [0, 0.05) is 29.2 Å². The first kappa shape index (κ1) is 21.0. The van der Waals surface area contributed by atoms with Crippen LogP contribution in [0, 0.1) is 6.92 Å². The summed E-state index contributed by atoms with van der Waals surface area (Å²) in [5, 5.41) is 13.5. The summed E-state index contributed by atoms with van der Waals surface area (Å²) < 4.78 is 11.2. The second kappa shape index (κ2) is 8.22. The number of amides is 1. The van der Waals surface area contributed by atoms with Crippen molar-refractivity contribution in [3.8, 4) is 5.75 Å². The van der Waals surface area contributed by atoms with Crippen LogP contribution in [0.2, 0.25) is 0 Å². The van der Waals surface area contributed by atoms with Gasteiger partial charge in [-0.25, -0.2) is 0 Å². The van der Waals surface area contributed by atoms with E-state index in [0.29, 0.717) is 16.7 Å². The summed E-state index contributed by atoms with van der Waals surface area (Å²) in [6, 6.07) is 11.8. The van der Waals surface area contributed by atoms with Crippen LogP contribution in [0.1, 0.15) is 32.6 Å². The maximum absolute atomic E-state index is 13.7. The zero-order valence-corrected chi connectivity index (χ0v) is 18.8. The molecular weight excluding hydrogens is 440 g/mol. The predicted octanol–water partition coefficient (Wildman–Crippen LogP) is 4.98. The van der Waals surface area contributed by atoms with Crippen LogP contribution in [0.3, 0.4) is 0 Å². The number of benzene rings is 1. The summed E-state index contributed by atoms with van der Waals surface area (Å²) in [7, 11) is 1.52. The molecule has 1 aromatic carbocycles. The van der Waals surface area contributed by atoms with Crippen molar-refractivity contribution in [2.45, 2.75) is 19.5 Å². The molecule has 1 aliphatic rings. The van der Waals surface area contributed by atoms with E-state index in [9.17, 15) is 14.7 Å². The van der Waals surface area contributed by atoms with Crippen LogP contribution in [-0.2, 0) is 11.3 Å². The van der Waals surface area contributed by atoms with Crippen LogP contribution in [0.15, 0.2) is 76.0 Å². The summed E-state index contributed by atoms with van der Waals surface area (Å²) in [5.41, 5.74) is 2.22. The Morgan fingerprint density at radius 1 is 1.24 bits per heavy atom. The van der Waals surface area contributed by atoms with Crippen molar-refractivity contribution in [1.29, 1.82) is 0 Å². The van der Waals surface area contributed by atoms with Gasteiger partial charge in [-0.1, -0.05) is 12.1 Å². The van der Waals surface area contributed by atoms with E-state index in [0.717, 1.165) is 16.0 Å². The molecule has 0 aliphatic carbocycles. The fraction of sp³-hybridized carbons (Fsp3) is 0.160. The number of aliphatic hydroxyl groups excluding tert-OH is 1. The van der Waals surface area contributed by atoms with E-state index in [-0.39, 0.29) is 17.9 Å². The Morgan fingerprint density at radius 2 is 2.03 bits per heavy atom. The van der Waals surface area contributed by atoms with E-state index >= 15 is 0 Å². The number of ether oxygens (including phenoxy) is 1. The molecule has 8 heteroatoms. The highest BCUT2D eigenvalue weighted by Gasteiger charge is 2.45. The number of carbonyl (C=O) groups is 2. The van der Waals surface area contributed by atoms with Crippen molar-refractivity contribution in [2.75, 3.05) is 7.11 Å². The molecule has 166 valence electrons. The third-order valence-electron chi connectivity index (χ3n) is 5.75. The molecule has 4 aromatic rings. The van der Waals surface area contributed by atoms with Crippen molar-refractivity contribution in [3.05, 3.63) is 93.3 Å². The monoisotopic (exact) mass is 460 g/mol. The van der Waals surface area contributed by atoms with Crippen molar-refractivity contribution in [1.82, 2.24) is 9.88 Å². The van der Waals surface area contributed by atoms with E-state index in [1.807, 2.05) is 24.4 Å². The number of rotatable bonds is 6. The predicted molar refractivity (Wildman–Crippen MR) is 123 cm³/mol.